The molecule has 0 saturated heterocycles. The Morgan fingerprint density at radius 2 is 1.82 bits per heavy atom. The number of nitrogens with zero attached hydrogens (tertiary/aromatic N) is 2. The van der Waals surface area contributed by atoms with Crippen LogP contribution < -0.4 is 10.5 Å². The number of rotatable bonds is 3. The molecule has 0 atom stereocenters. The van der Waals surface area contributed by atoms with Gasteiger partial charge in [-0.2, -0.15) is 0 Å². The van der Waals surface area contributed by atoms with Crippen LogP contribution in [0.5, 0.6) is 5.75 Å². The van der Waals surface area contributed by atoms with Crippen LogP contribution in [0.25, 0.3) is 12.2 Å². The van der Waals surface area contributed by atoms with Gasteiger partial charge in [0.15, 0.2) is 0 Å². The number of nitrogen functional groups attached to an aromatic ring is 1. The van der Waals surface area contributed by atoms with E-state index in [1.165, 1.54) is 0 Å². The predicted molar refractivity (Wildman–Crippen MR) is 68.4 cm³/mol. The van der Waals surface area contributed by atoms with E-state index in [0.29, 0.717) is 0 Å². The summed E-state index contributed by atoms with van der Waals surface area (Å²) in [6.07, 6.45) is 7.25. The van der Waals surface area contributed by atoms with Crippen LogP contribution in [-0.2, 0) is 0 Å². The fourth-order valence-corrected chi connectivity index (χ4v) is 1.37. The zero-order valence-electron chi connectivity index (χ0n) is 9.50. The number of ether oxygens (including phenoxy) is 1. The van der Waals surface area contributed by atoms with Crippen molar-refractivity contribution in [3.8, 4) is 5.75 Å². The Bertz CT molecular complexity index is 520. The molecule has 0 aliphatic rings. The molecule has 0 radical (unpaired) electrons. The molecule has 1 aromatic carbocycles. The topological polar surface area (TPSA) is 61.0 Å². The Labute approximate surface area is 99.8 Å². The minimum Gasteiger partial charge on any atom is -0.497 e. The maximum absolute atomic E-state index is 5.41. The van der Waals surface area contributed by atoms with Crippen LogP contribution in [0.2, 0.25) is 0 Å². The van der Waals surface area contributed by atoms with Gasteiger partial charge in [0.25, 0.3) is 0 Å². The first kappa shape index (κ1) is 11.1. The maximum Gasteiger partial charge on any atom is 0.219 e. The van der Waals surface area contributed by atoms with Crippen molar-refractivity contribution in [2.24, 2.45) is 0 Å². The summed E-state index contributed by atoms with van der Waals surface area (Å²) in [5.74, 6) is 1.12. The fraction of sp³-hybridized carbons (Fsp3) is 0.0769. The van der Waals surface area contributed by atoms with Gasteiger partial charge in [0, 0.05) is 18.0 Å². The molecule has 2 aromatic rings. The number of anilines is 1. The Morgan fingerprint density at radius 1 is 1.12 bits per heavy atom. The number of hydrogen-bond donors (Lipinski definition) is 1. The van der Waals surface area contributed by atoms with E-state index in [-0.39, 0.29) is 5.95 Å². The normalized spacial score (nSPS) is 10.6. The summed E-state index contributed by atoms with van der Waals surface area (Å²) >= 11 is 0. The highest BCUT2D eigenvalue weighted by Crippen LogP contribution is 2.14. The van der Waals surface area contributed by atoms with Crippen LogP contribution in [0.4, 0.5) is 5.95 Å². The highest BCUT2D eigenvalue weighted by atomic mass is 16.5. The summed E-state index contributed by atoms with van der Waals surface area (Å²) in [6, 6.07) is 7.80. The lowest BCUT2D eigenvalue weighted by Gasteiger charge is -2.00. The van der Waals surface area contributed by atoms with Crippen LogP contribution in [0.1, 0.15) is 11.1 Å². The van der Waals surface area contributed by atoms with Crippen molar-refractivity contribution in [3.05, 3.63) is 47.8 Å². The SMILES string of the molecule is COc1cccc(C=Cc2cnc(N)nc2)c1. The van der Waals surface area contributed by atoms with E-state index in [0.717, 1.165) is 16.9 Å². The summed E-state index contributed by atoms with van der Waals surface area (Å²) in [4.78, 5) is 7.83. The highest BCUT2D eigenvalue weighted by molar-refractivity contribution is 5.69. The quantitative estimate of drug-likeness (QED) is 0.873. The van der Waals surface area contributed by atoms with Gasteiger partial charge < -0.3 is 10.5 Å². The molecule has 0 saturated carbocycles. The molecule has 4 heteroatoms. The number of aromatic nitrogens is 2. The molecule has 86 valence electrons. The Morgan fingerprint density at radius 3 is 2.53 bits per heavy atom. The van der Waals surface area contributed by atoms with Crippen LogP contribution >= 0.6 is 0 Å². The van der Waals surface area contributed by atoms with Gasteiger partial charge in [-0.05, 0) is 17.7 Å². The zero-order valence-corrected chi connectivity index (χ0v) is 9.50. The smallest absolute Gasteiger partial charge is 0.219 e. The second-order valence-electron chi connectivity index (χ2n) is 3.48. The zero-order chi connectivity index (χ0) is 12.1. The molecule has 17 heavy (non-hydrogen) atoms. The van der Waals surface area contributed by atoms with E-state index in [9.17, 15) is 0 Å². The second-order valence-corrected chi connectivity index (χ2v) is 3.48. The lowest BCUT2D eigenvalue weighted by atomic mass is 10.2. The largest absolute Gasteiger partial charge is 0.497 e. The van der Waals surface area contributed by atoms with Crippen molar-refractivity contribution in [2.75, 3.05) is 12.8 Å². The van der Waals surface area contributed by atoms with Gasteiger partial charge in [0.2, 0.25) is 5.95 Å². The molecule has 2 N–H and O–H groups in total. The summed E-state index contributed by atoms with van der Waals surface area (Å²) < 4.78 is 5.15. The number of methoxy groups -OCH3 is 1. The van der Waals surface area contributed by atoms with Crippen LogP contribution in [0, 0.1) is 0 Å². The first-order valence-electron chi connectivity index (χ1n) is 5.17. The van der Waals surface area contributed by atoms with Crippen molar-refractivity contribution in [1.82, 2.24) is 9.97 Å². The summed E-state index contributed by atoms with van der Waals surface area (Å²) in [7, 11) is 1.65. The molecule has 1 heterocycles. The minimum absolute atomic E-state index is 0.281. The predicted octanol–water partition coefficient (Wildman–Crippen LogP) is 2.24. The van der Waals surface area contributed by atoms with Gasteiger partial charge in [-0.15, -0.1) is 0 Å². The number of nitrogens with two attached hydrogens (primary N) is 1. The van der Waals surface area contributed by atoms with Crippen molar-refractivity contribution in [2.45, 2.75) is 0 Å². The molecule has 0 amide bonds. The van der Waals surface area contributed by atoms with Crippen molar-refractivity contribution in [1.29, 1.82) is 0 Å². The van der Waals surface area contributed by atoms with Crippen molar-refractivity contribution in [3.63, 3.8) is 0 Å². The third-order valence-electron chi connectivity index (χ3n) is 2.25. The van der Waals surface area contributed by atoms with E-state index in [1.54, 1.807) is 19.5 Å². The monoisotopic (exact) mass is 227 g/mol. The van der Waals surface area contributed by atoms with Gasteiger partial charge in [-0.3, -0.25) is 0 Å². The van der Waals surface area contributed by atoms with Crippen LogP contribution in [-0.4, -0.2) is 17.1 Å². The molecule has 1 aromatic heterocycles. The third-order valence-corrected chi connectivity index (χ3v) is 2.25. The molecule has 2 rings (SSSR count). The lowest BCUT2D eigenvalue weighted by molar-refractivity contribution is 0.414. The molecular formula is C13H13N3O. The van der Waals surface area contributed by atoms with E-state index in [2.05, 4.69) is 9.97 Å². The average Bonchev–Trinajstić information content (AvgIpc) is 2.38. The Balaban J connectivity index is 2.16. The first-order valence-corrected chi connectivity index (χ1v) is 5.17. The van der Waals surface area contributed by atoms with Gasteiger partial charge in [0.1, 0.15) is 5.75 Å². The number of benzene rings is 1. The molecule has 4 nitrogen and oxygen atoms in total. The summed E-state index contributed by atoms with van der Waals surface area (Å²) in [6.45, 7) is 0. The van der Waals surface area contributed by atoms with Crippen LogP contribution in [0.15, 0.2) is 36.7 Å². The fourth-order valence-electron chi connectivity index (χ4n) is 1.37. The molecule has 0 aliphatic heterocycles. The first-order chi connectivity index (χ1) is 8.28. The highest BCUT2D eigenvalue weighted by Gasteiger charge is 1.93. The standard InChI is InChI=1S/C13H13N3O/c1-17-12-4-2-3-10(7-12)5-6-11-8-15-13(14)16-9-11/h2-9H,1H3,(H2,14,15,16). The van der Waals surface area contributed by atoms with Crippen molar-refractivity contribution < 1.29 is 4.74 Å². The van der Waals surface area contributed by atoms with E-state index in [4.69, 9.17) is 10.5 Å². The maximum atomic E-state index is 5.41. The van der Waals surface area contributed by atoms with Gasteiger partial charge in [-0.1, -0.05) is 24.3 Å². The lowest BCUT2D eigenvalue weighted by Crippen LogP contribution is -1.92. The van der Waals surface area contributed by atoms with Gasteiger partial charge in [-0.25, -0.2) is 9.97 Å². The van der Waals surface area contributed by atoms with Crippen LogP contribution in [0.3, 0.4) is 0 Å². The molecule has 0 spiro atoms. The molecular weight excluding hydrogens is 214 g/mol. The third kappa shape index (κ3) is 3.04. The molecule has 0 bridgehead atoms. The number of hydrogen-bond acceptors (Lipinski definition) is 4. The molecule has 0 fully saturated rings. The minimum atomic E-state index is 0.281. The van der Waals surface area contributed by atoms with Gasteiger partial charge >= 0.3 is 0 Å². The summed E-state index contributed by atoms with van der Waals surface area (Å²) in [5, 5.41) is 0. The van der Waals surface area contributed by atoms with E-state index in [1.807, 2.05) is 36.4 Å². The second kappa shape index (κ2) is 5.12. The Hall–Kier alpha value is -2.36. The van der Waals surface area contributed by atoms with Crippen molar-refractivity contribution >= 4 is 18.1 Å². The van der Waals surface area contributed by atoms with E-state index < -0.39 is 0 Å². The molecule has 0 unspecified atom stereocenters. The van der Waals surface area contributed by atoms with E-state index >= 15 is 0 Å². The summed E-state index contributed by atoms with van der Waals surface area (Å²) in [5.41, 5.74) is 7.37. The molecule has 0 aliphatic carbocycles. The van der Waals surface area contributed by atoms with Gasteiger partial charge in [0.05, 0.1) is 7.11 Å². The average molecular weight is 227 g/mol. The Kier molecular flexibility index (Phi) is 3.35.